The summed E-state index contributed by atoms with van der Waals surface area (Å²) < 4.78 is 0. The van der Waals surface area contributed by atoms with Crippen molar-refractivity contribution in [3.63, 3.8) is 0 Å². The van der Waals surface area contributed by atoms with E-state index in [2.05, 4.69) is 24.1 Å². The molecule has 0 heterocycles. The van der Waals surface area contributed by atoms with E-state index in [-0.39, 0.29) is 12.3 Å². The van der Waals surface area contributed by atoms with Gasteiger partial charge in [0.05, 0.1) is 12.5 Å². The van der Waals surface area contributed by atoms with E-state index in [4.69, 9.17) is 11.5 Å². The molecule has 0 spiro atoms. The maximum atomic E-state index is 11.4. The third-order valence-corrected chi connectivity index (χ3v) is 2.47. The lowest BCUT2D eigenvalue weighted by Gasteiger charge is -2.20. The van der Waals surface area contributed by atoms with Gasteiger partial charge in [0.15, 0.2) is 0 Å². The standard InChI is InChI=1S/C11H24N4O2/c1-3-6-15(4-2)7-5-14-11(17)9(12)8-10(13)16/h9H,3-8,12H2,1-2H3,(H2,13,16)(H,14,17). The third kappa shape index (κ3) is 7.70. The van der Waals surface area contributed by atoms with Crippen molar-refractivity contribution in [3.8, 4) is 0 Å². The van der Waals surface area contributed by atoms with Crippen LogP contribution in [0.2, 0.25) is 0 Å². The molecule has 6 heteroatoms. The van der Waals surface area contributed by atoms with Gasteiger partial charge in [-0.25, -0.2) is 0 Å². The number of nitrogens with one attached hydrogen (secondary N) is 1. The zero-order valence-electron chi connectivity index (χ0n) is 10.7. The number of hydrogen-bond acceptors (Lipinski definition) is 4. The van der Waals surface area contributed by atoms with E-state index in [0.29, 0.717) is 6.54 Å². The third-order valence-electron chi connectivity index (χ3n) is 2.47. The molecule has 0 aliphatic carbocycles. The molecular weight excluding hydrogens is 220 g/mol. The number of rotatable bonds is 9. The van der Waals surface area contributed by atoms with Gasteiger partial charge in [-0.2, -0.15) is 0 Å². The topological polar surface area (TPSA) is 101 Å². The molecule has 1 atom stereocenters. The molecule has 0 aliphatic rings. The first-order chi connectivity index (χ1) is 8.01. The van der Waals surface area contributed by atoms with E-state index in [9.17, 15) is 9.59 Å². The maximum absolute atomic E-state index is 11.4. The molecule has 0 bridgehead atoms. The number of likely N-dealkylation sites (N-methyl/N-ethyl adjacent to an activating group) is 1. The van der Waals surface area contributed by atoms with Crippen LogP contribution in [0.15, 0.2) is 0 Å². The molecule has 2 amide bonds. The van der Waals surface area contributed by atoms with Crippen molar-refractivity contribution in [2.24, 2.45) is 11.5 Å². The Kier molecular flexibility index (Phi) is 8.35. The largest absolute Gasteiger partial charge is 0.370 e. The van der Waals surface area contributed by atoms with Gasteiger partial charge in [0.25, 0.3) is 0 Å². The Hall–Kier alpha value is -1.14. The summed E-state index contributed by atoms with van der Waals surface area (Å²) in [5.41, 5.74) is 10.5. The van der Waals surface area contributed by atoms with Crippen molar-refractivity contribution in [2.75, 3.05) is 26.2 Å². The van der Waals surface area contributed by atoms with Crippen molar-refractivity contribution in [2.45, 2.75) is 32.7 Å². The van der Waals surface area contributed by atoms with Crippen LogP contribution in [0.3, 0.4) is 0 Å². The zero-order chi connectivity index (χ0) is 13.3. The first-order valence-electron chi connectivity index (χ1n) is 6.05. The van der Waals surface area contributed by atoms with E-state index < -0.39 is 11.9 Å². The second-order valence-electron chi connectivity index (χ2n) is 4.00. The molecule has 0 rings (SSSR count). The molecule has 6 nitrogen and oxygen atoms in total. The molecule has 0 saturated carbocycles. The van der Waals surface area contributed by atoms with Gasteiger partial charge in [0.2, 0.25) is 11.8 Å². The van der Waals surface area contributed by atoms with Crippen LogP contribution in [-0.4, -0.2) is 48.9 Å². The maximum Gasteiger partial charge on any atom is 0.237 e. The van der Waals surface area contributed by atoms with E-state index in [1.54, 1.807) is 0 Å². The quantitative estimate of drug-likeness (QED) is 0.486. The summed E-state index contributed by atoms with van der Waals surface area (Å²) in [7, 11) is 0. The lowest BCUT2D eigenvalue weighted by atomic mass is 10.2. The van der Waals surface area contributed by atoms with Crippen molar-refractivity contribution < 1.29 is 9.59 Å². The molecule has 0 saturated heterocycles. The summed E-state index contributed by atoms with van der Waals surface area (Å²) >= 11 is 0. The number of nitrogens with zero attached hydrogens (tertiary/aromatic N) is 1. The summed E-state index contributed by atoms with van der Waals surface area (Å²) in [6, 6.07) is -0.839. The fourth-order valence-corrected chi connectivity index (χ4v) is 1.52. The van der Waals surface area contributed by atoms with Crippen LogP contribution in [0.4, 0.5) is 0 Å². The first kappa shape index (κ1) is 15.9. The summed E-state index contributed by atoms with van der Waals surface area (Å²) in [6.45, 7) is 7.50. The minimum atomic E-state index is -0.839. The number of amides is 2. The summed E-state index contributed by atoms with van der Waals surface area (Å²) in [4.78, 5) is 24.3. The zero-order valence-corrected chi connectivity index (χ0v) is 10.7. The van der Waals surface area contributed by atoms with Crippen LogP contribution in [-0.2, 0) is 9.59 Å². The van der Waals surface area contributed by atoms with Gasteiger partial charge < -0.3 is 21.7 Å². The molecule has 100 valence electrons. The molecule has 0 aromatic carbocycles. The SMILES string of the molecule is CCCN(CC)CCNC(=O)C(N)CC(N)=O. The summed E-state index contributed by atoms with van der Waals surface area (Å²) in [5, 5.41) is 2.70. The van der Waals surface area contributed by atoms with Crippen molar-refractivity contribution in [1.29, 1.82) is 0 Å². The first-order valence-corrected chi connectivity index (χ1v) is 6.05. The van der Waals surface area contributed by atoms with Crippen LogP contribution in [0.25, 0.3) is 0 Å². The van der Waals surface area contributed by atoms with Crippen LogP contribution in [0, 0.1) is 0 Å². The normalized spacial score (nSPS) is 12.5. The fourth-order valence-electron chi connectivity index (χ4n) is 1.52. The second kappa shape index (κ2) is 8.95. The molecule has 0 radical (unpaired) electrons. The number of carbonyl (C=O) groups is 2. The lowest BCUT2D eigenvalue weighted by molar-refractivity contribution is -0.126. The summed E-state index contributed by atoms with van der Waals surface area (Å²) in [6.07, 6.45) is 0.973. The molecule has 5 N–H and O–H groups in total. The Bertz CT molecular complexity index is 246. The highest BCUT2D eigenvalue weighted by Crippen LogP contribution is 1.90. The average molecular weight is 244 g/mol. The van der Waals surface area contributed by atoms with E-state index in [1.807, 2.05) is 0 Å². The number of primary amides is 1. The predicted octanol–water partition coefficient (Wildman–Crippen LogP) is -0.963. The Morgan fingerprint density at radius 2 is 1.94 bits per heavy atom. The van der Waals surface area contributed by atoms with Gasteiger partial charge in [0, 0.05) is 13.1 Å². The Morgan fingerprint density at radius 3 is 2.41 bits per heavy atom. The van der Waals surface area contributed by atoms with Gasteiger partial charge >= 0.3 is 0 Å². The lowest BCUT2D eigenvalue weighted by Crippen LogP contribution is -2.45. The molecule has 0 aromatic heterocycles. The van der Waals surface area contributed by atoms with Gasteiger partial charge in [0.1, 0.15) is 0 Å². The number of nitrogens with two attached hydrogens (primary N) is 2. The molecule has 0 aliphatic heterocycles. The van der Waals surface area contributed by atoms with Crippen molar-refractivity contribution in [1.82, 2.24) is 10.2 Å². The second-order valence-corrected chi connectivity index (χ2v) is 4.00. The van der Waals surface area contributed by atoms with Crippen LogP contribution in [0.1, 0.15) is 26.7 Å². The molecule has 1 unspecified atom stereocenters. The predicted molar refractivity (Wildman–Crippen MR) is 67.2 cm³/mol. The minimum Gasteiger partial charge on any atom is -0.370 e. The molecular formula is C11H24N4O2. The van der Waals surface area contributed by atoms with E-state index in [0.717, 1.165) is 26.1 Å². The highest BCUT2D eigenvalue weighted by atomic mass is 16.2. The Morgan fingerprint density at radius 1 is 1.29 bits per heavy atom. The number of carbonyl (C=O) groups excluding carboxylic acids is 2. The highest BCUT2D eigenvalue weighted by molar-refractivity contribution is 5.87. The number of hydrogen-bond donors (Lipinski definition) is 3. The van der Waals surface area contributed by atoms with Crippen LogP contribution >= 0.6 is 0 Å². The minimum absolute atomic E-state index is 0.113. The highest BCUT2D eigenvalue weighted by Gasteiger charge is 2.15. The Labute approximate surface area is 103 Å². The summed E-state index contributed by atoms with van der Waals surface area (Å²) in [5.74, 6) is -0.884. The van der Waals surface area contributed by atoms with Gasteiger partial charge in [-0.1, -0.05) is 13.8 Å². The van der Waals surface area contributed by atoms with Crippen molar-refractivity contribution >= 4 is 11.8 Å². The Balaban J connectivity index is 3.79. The van der Waals surface area contributed by atoms with Crippen LogP contribution in [0.5, 0.6) is 0 Å². The van der Waals surface area contributed by atoms with E-state index >= 15 is 0 Å². The van der Waals surface area contributed by atoms with Crippen LogP contribution < -0.4 is 16.8 Å². The van der Waals surface area contributed by atoms with Gasteiger partial charge in [-0.3, -0.25) is 9.59 Å². The molecule has 17 heavy (non-hydrogen) atoms. The monoisotopic (exact) mass is 244 g/mol. The van der Waals surface area contributed by atoms with Gasteiger partial charge in [-0.15, -0.1) is 0 Å². The van der Waals surface area contributed by atoms with E-state index in [1.165, 1.54) is 0 Å². The molecule has 0 fully saturated rings. The average Bonchev–Trinajstić information content (AvgIpc) is 2.26. The molecule has 0 aromatic rings. The van der Waals surface area contributed by atoms with Gasteiger partial charge in [-0.05, 0) is 19.5 Å². The fraction of sp³-hybridized carbons (Fsp3) is 0.818. The van der Waals surface area contributed by atoms with Crippen molar-refractivity contribution in [3.05, 3.63) is 0 Å². The smallest absolute Gasteiger partial charge is 0.237 e.